The van der Waals surface area contributed by atoms with Crippen molar-refractivity contribution >= 4 is 17.6 Å². The number of hydrogen-bond acceptors (Lipinski definition) is 3. The molecule has 0 aromatic heterocycles. The molecule has 0 saturated heterocycles. The molecular weight excluding hydrogens is 242 g/mol. The monoisotopic (exact) mass is 257 g/mol. The van der Waals surface area contributed by atoms with Gasteiger partial charge in [-0.3, -0.25) is 9.69 Å². The lowest BCUT2D eigenvalue weighted by Crippen LogP contribution is -2.33. The van der Waals surface area contributed by atoms with E-state index in [1.165, 1.54) is 0 Å². The van der Waals surface area contributed by atoms with E-state index in [9.17, 15) is 4.79 Å². The molecule has 0 heterocycles. The van der Waals surface area contributed by atoms with Gasteiger partial charge in [0, 0.05) is 6.54 Å². The fourth-order valence-corrected chi connectivity index (χ4v) is 1.58. The van der Waals surface area contributed by atoms with Gasteiger partial charge in [-0.25, -0.2) is 0 Å². The number of carboxylic acid groups (broad SMARTS) is 1. The van der Waals surface area contributed by atoms with E-state index < -0.39 is 5.97 Å². The summed E-state index contributed by atoms with van der Waals surface area (Å²) in [5.41, 5.74) is 0. The Balaban J connectivity index is 2.36. The number of hydrogen-bond donors (Lipinski definition) is 1. The van der Waals surface area contributed by atoms with Gasteiger partial charge in [0.25, 0.3) is 0 Å². The number of carboxylic acids is 1. The summed E-state index contributed by atoms with van der Waals surface area (Å²) in [4.78, 5) is 12.3. The Kier molecular flexibility index (Phi) is 5.80. The minimum absolute atomic E-state index is 0.0301. The zero-order chi connectivity index (χ0) is 12.7. The molecule has 0 bridgehead atoms. The summed E-state index contributed by atoms with van der Waals surface area (Å²) in [6.45, 7) is 3.61. The first-order chi connectivity index (χ1) is 8.13. The molecule has 0 unspecified atom stereocenters. The van der Waals surface area contributed by atoms with Crippen LogP contribution in [0, 0.1) is 0 Å². The number of nitrogens with zero attached hydrogens (tertiary/aromatic N) is 1. The van der Waals surface area contributed by atoms with Gasteiger partial charge in [0.15, 0.2) is 0 Å². The van der Waals surface area contributed by atoms with Crippen LogP contribution in [0.25, 0.3) is 0 Å². The first kappa shape index (κ1) is 13.8. The minimum atomic E-state index is -0.829. The number of likely N-dealkylation sites (N-methyl/N-ethyl adjacent to an activating group) is 1. The quantitative estimate of drug-likeness (QED) is 0.813. The summed E-state index contributed by atoms with van der Waals surface area (Å²) in [5, 5.41) is 9.24. The Hall–Kier alpha value is -1.26. The van der Waals surface area contributed by atoms with Gasteiger partial charge in [-0.15, -0.1) is 0 Å². The van der Waals surface area contributed by atoms with Crippen LogP contribution in [0.5, 0.6) is 5.75 Å². The van der Waals surface area contributed by atoms with Crippen LogP contribution in [0.1, 0.15) is 6.92 Å². The molecule has 1 N–H and O–H groups in total. The molecule has 94 valence electrons. The number of carbonyl (C=O) groups is 1. The zero-order valence-corrected chi connectivity index (χ0v) is 10.5. The third-order valence-electron chi connectivity index (χ3n) is 2.31. The van der Waals surface area contributed by atoms with Crippen molar-refractivity contribution in [3.63, 3.8) is 0 Å². The molecule has 1 aromatic rings. The fourth-order valence-electron chi connectivity index (χ4n) is 1.39. The maximum atomic E-state index is 10.6. The third kappa shape index (κ3) is 5.06. The second-order valence-electron chi connectivity index (χ2n) is 3.54. The van der Waals surface area contributed by atoms with Crippen molar-refractivity contribution in [2.24, 2.45) is 0 Å². The van der Waals surface area contributed by atoms with Crippen LogP contribution in [-0.4, -0.2) is 42.2 Å². The van der Waals surface area contributed by atoms with Crippen molar-refractivity contribution in [3.05, 3.63) is 29.3 Å². The molecule has 0 saturated carbocycles. The summed E-state index contributed by atoms with van der Waals surface area (Å²) in [6, 6.07) is 7.22. The van der Waals surface area contributed by atoms with E-state index in [-0.39, 0.29) is 6.54 Å². The lowest BCUT2D eigenvalue weighted by Gasteiger charge is -2.18. The van der Waals surface area contributed by atoms with Crippen LogP contribution in [0.4, 0.5) is 0 Å². The van der Waals surface area contributed by atoms with E-state index in [4.69, 9.17) is 21.4 Å². The normalized spacial score (nSPS) is 10.5. The Morgan fingerprint density at radius 1 is 1.47 bits per heavy atom. The summed E-state index contributed by atoms with van der Waals surface area (Å²) in [7, 11) is 0. The second kappa shape index (κ2) is 7.14. The van der Waals surface area contributed by atoms with Crippen molar-refractivity contribution in [1.29, 1.82) is 0 Å². The molecule has 0 fully saturated rings. The maximum Gasteiger partial charge on any atom is 0.317 e. The van der Waals surface area contributed by atoms with E-state index in [2.05, 4.69) is 0 Å². The number of rotatable bonds is 7. The molecule has 0 aliphatic heterocycles. The van der Waals surface area contributed by atoms with Crippen molar-refractivity contribution in [2.75, 3.05) is 26.2 Å². The maximum absolute atomic E-state index is 10.6. The topological polar surface area (TPSA) is 49.8 Å². The van der Waals surface area contributed by atoms with Crippen LogP contribution >= 0.6 is 11.6 Å². The lowest BCUT2D eigenvalue weighted by molar-refractivity contribution is -0.138. The van der Waals surface area contributed by atoms with Gasteiger partial charge in [0.2, 0.25) is 0 Å². The summed E-state index contributed by atoms with van der Waals surface area (Å²) >= 11 is 5.93. The Morgan fingerprint density at radius 3 is 2.76 bits per heavy atom. The standard InChI is InChI=1S/C12H16ClNO3/c1-2-14(9-12(15)16)7-8-17-11-6-4-3-5-10(11)13/h3-6H,2,7-9H2,1H3,(H,15,16). The number of aliphatic carboxylic acids is 1. The van der Waals surface area contributed by atoms with Crippen molar-refractivity contribution in [3.8, 4) is 5.75 Å². The van der Waals surface area contributed by atoms with Crippen molar-refractivity contribution in [2.45, 2.75) is 6.92 Å². The van der Waals surface area contributed by atoms with Gasteiger partial charge in [0.1, 0.15) is 12.4 Å². The van der Waals surface area contributed by atoms with Gasteiger partial charge in [-0.1, -0.05) is 30.7 Å². The fraction of sp³-hybridized carbons (Fsp3) is 0.417. The number of para-hydroxylation sites is 1. The molecular formula is C12H16ClNO3. The third-order valence-corrected chi connectivity index (χ3v) is 2.62. The van der Waals surface area contributed by atoms with Gasteiger partial charge in [0.05, 0.1) is 11.6 Å². The van der Waals surface area contributed by atoms with Crippen LogP contribution in [0.15, 0.2) is 24.3 Å². The number of ether oxygens (including phenoxy) is 1. The molecule has 4 nitrogen and oxygen atoms in total. The van der Waals surface area contributed by atoms with E-state index >= 15 is 0 Å². The number of benzene rings is 1. The molecule has 0 spiro atoms. The van der Waals surface area contributed by atoms with Crippen molar-refractivity contribution in [1.82, 2.24) is 4.90 Å². The minimum Gasteiger partial charge on any atom is -0.491 e. The molecule has 0 radical (unpaired) electrons. The molecule has 5 heteroatoms. The highest BCUT2D eigenvalue weighted by Gasteiger charge is 2.07. The largest absolute Gasteiger partial charge is 0.491 e. The Morgan fingerprint density at radius 2 is 2.18 bits per heavy atom. The highest BCUT2D eigenvalue weighted by molar-refractivity contribution is 6.32. The predicted molar refractivity (Wildman–Crippen MR) is 66.7 cm³/mol. The smallest absolute Gasteiger partial charge is 0.317 e. The zero-order valence-electron chi connectivity index (χ0n) is 9.73. The highest BCUT2D eigenvalue weighted by atomic mass is 35.5. The Bertz CT molecular complexity index is 371. The summed E-state index contributed by atoms with van der Waals surface area (Å²) < 4.78 is 5.48. The van der Waals surface area contributed by atoms with E-state index in [0.717, 1.165) is 0 Å². The van der Waals surface area contributed by atoms with Crippen LogP contribution in [0.3, 0.4) is 0 Å². The van der Waals surface area contributed by atoms with Gasteiger partial charge < -0.3 is 9.84 Å². The highest BCUT2D eigenvalue weighted by Crippen LogP contribution is 2.22. The summed E-state index contributed by atoms with van der Waals surface area (Å²) in [6.07, 6.45) is 0. The van der Waals surface area contributed by atoms with Gasteiger partial charge in [-0.05, 0) is 18.7 Å². The van der Waals surface area contributed by atoms with Crippen LogP contribution < -0.4 is 4.74 Å². The van der Waals surface area contributed by atoms with Crippen LogP contribution in [-0.2, 0) is 4.79 Å². The molecule has 1 rings (SSSR count). The predicted octanol–water partition coefficient (Wildman–Crippen LogP) is 2.13. The Labute approximate surface area is 106 Å². The molecule has 17 heavy (non-hydrogen) atoms. The van der Waals surface area contributed by atoms with E-state index in [0.29, 0.717) is 30.5 Å². The van der Waals surface area contributed by atoms with E-state index in [1.807, 2.05) is 19.1 Å². The van der Waals surface area contributed by atoms with E-state index in [1.54, 1.807) is 17.0 Å². The van der Waals surface area contributed by atoms with Gasteiger partial charge >= 0.3 is 5.97 Å². The molecule has 0 atom stereocenters. The molecule has 0 aliphatic rings. The molecule has 0 amide bonds. The van der Waals surface area contributed by atoms with Gasteiger partial charge in [-0.2, -0.15) is 0 Å². The molecule has 0 aliphatic carbocycles. The lowest BCUT2D eigenvalue weighted by atomic mass is 10.3. The number of halogens is 1. The van der Waals surface area contributed by atoms with Crippen molar-refractivity contribution < 1.29 is 14.6 Å². The first-order valence-corrected chi connectivity index (χ1v) is 5.82. The average Bonchev–Trinajstić information content (AvgIpc) is 2.29. The molecule has 1 aromatic carbocycles. The average molecular weight is 258 g/mol. The SMILES string of the molecule is CCN(CCOc1ccccc1Cl)CC(=O)O. The second-order valence-corrected chi connectivity index (χ2v) is 3.95. The van der Waals surface area contributed by atoms with Crippen LogP contribution in [0.2, 0.25) is 5.02 Å². The first-order valence-electron chi connectivity index (χ1n) is 5.45. The summed E-state index contributed by atoms with van der Waals surface area (Å²) in [5.74, 6) is -0.204.